The van der Waals surface area contributed by atoms with Crippen LogP contribution in [0.5, 0.6) is 5.75 Å². The highest BCUT2D eigenvalue weighted by Crippen LogP contribution is 2.17. The van der Waals surface area contributed by atoms with E-state index < -0.39 is 0 Å². The second-order valence-corrected chi connectivity index (χ2v) is 5.42. The number of fused-ring (bicyclic) bond motifs is 1. The zero-order valence-electron chi connectivity index (χ0n) is 13.3. The number of aromatic nitrogens is 1. The summed E-state index contributed by atoms with van der Waals surface area (Å²) in [5.41, 5.74) is 1.02. The molecule has 5 nitrogen and oxygen atoms in total. The molecule has 3 aromatic rings. The average Bonchev–Trinajstić information content (AvgIpc) is 2.62. The third kappa shape index (κ3) is 3.30. The third-order valence-corrected chi connectivity index (χ3v) is 3.87. The summed E-state index contributed by atoms with van der Waals surface area (Å²) < 4.78 is 5.29. The van der Waals surface area contributed by atoms with Gasteiger partial charge in [0, 0.05) is 11.9 Å². The van der Waals surface area contributed by atoms with Gasteiger partial charge in [0.2, 0.25) is 0 Å². The molecule has 0 fully saturated rings. The SMILES string of the molecule is COc1ccccc1CCNC(=O)c1cc2ccccc2c(=O)[nH]1. The van der Waals surface area contributed by atoms with Crippen LogP contribution in [0.25, 0.3) is 10.8 Å². The van der Waals surface area contributed by atoms with E-state index >= 15 is 0 Å². The summed E-state index contributed by atoms with van der Waals surface area (Å²) in [6.45, 7) is 0.452. The average molecular weight is 322 g/mol. The van der Waals surface area contributed by atoms with E-state index in [1.54, 1.807) is 25.3 Å². The number of rotatable bonds is 5. The van der Waals surface area contributed by atoms with Crippen molar-refractivity contribution in [2.45, 2.75) is 6.42 Å². The molecule has 0 aliphatic rings. The lowest BCUT2D eigenvalue weighted by atomic mass is 10.1. The Hall–Kier alpha value is -3.08. The van der Waals surface area contributed by atoms with Crippen LogP contribution in [-0.4, -0.2) is 24.5 Å². The first-order valence-electron chi connectivity index (χ1n) is 7.71. The Bertz CT molecular complexity index is 931. The number of nitrogens with one attached hydrogen (secondary N) is 2. The Labute approximate surface area is 139 Å². The van der Waals surface area contributed by atoms with Crippen LogP contribution in [0, 0.1) is 0 Å². The molecule has 2 N–H and O–H groups in total. The van der Waals surface area contributed by atoms with Gasteiger partial charge in [-0.25, -0.2) is 0 Å². The molecule has 0 saturated carbocycles. The molecule has 2 aromatic carbocycles. The van der Waals surface area contributed by atoms with E-state index in [9.17, 15) is 9.59 Å². The first-order chi connectivity index (χ1) is 11.7. The summed E-state index contributed by atoms with van der Waals surface area (Å²) in [6, 6.07) is 16.6. The van der Waals surface area contributed by atoms with Gasteiger partial charge in [-0.3, -0.25) is 9.59 Å². The van der Waals surface area contributed by atoms with Crippen molar-refractivity contribution in [2.24, 2.45) is 0 Å². The monoisotopic (exact) mass is 322 g/mol. The Morgan fingerprint density at radius 3 is 2.71 bits per heavy atom. The number of H-pyrrole nitrogens is 1. The number of para-hydroxylation sites is 1. The summed E-state index contributed by atoms with van der Waals surface area (Å²) in [6.07, 6.45) is 0.646. The predicted molar refractivity (Wildman–Crippen MR) is 93.6 cm³/mol. The molecule has 0 aliphatic carbocycles. The number of benzene rings is 2. The van der Waals surface area contributed by atoms with Crippen molar-refractivity contribution in [1.82, 2.24) is 10.3 Å². The number of pyridine rings is 1. The van der Waals surface area contributed by atoms with Gasteiger partial charge < -0.3 is 15.0 Å². The fourth-order valence-electron chi connectivity index (χ4n) is 2.65. The Kier molecular flexibility index (Phi) is 4.61. The minimum Gasteiger partial charge on any atom is -0.496 e. The van der Waals surface area contributed by atoms with Crippen LogP contribution in [-0.2, 0) is 6.42 Å². The number of hydrogen-bond donors (Lipinski definition) is 2. The van der Waals surface area contributed by atoms with E-state index in [0.29, 0.717) is 18.4 Å². The van der Waals surface area contributed by atoms with Gasteiger partial charge >= 0.3 is 0 Å². The molecule has 0 unspecified atom stereocenters. The van der Waals surface area contributed by atoms with Gasteiger partial charge in [-0.2, -0.15) is 0 Å². The van der Waals surface area contributed by atoms with Crippen LogP contribution in [0.4, 0.5) is 0 Å². The largest absolute Gasteiger partial charge is 0.496 e. The number of ether oxygens (including phenoxy) is 1. The van der Waals surface area contributed by atoms with Crippen molar-refractivity contribution in [3.05, 3.63) is 76.2 Å². The van der Waals surface area contributed by atoms with Gasteiger partial charge in [0.1, 0.15) is 11.4 Å². The van der Waals surface area contributed by atoms with Crippen molar-refractivity contribution in [2.75, 3.05) is 13.7 Å². The number of aromatic amines is 1. The van der Waals surface area contributed by atoms with Gasteiger partial charge in [0.05, 0.1) is 7.11 Å². The number of methoxy groups -OCH3 is 1. The van der Waals surface area contributed by atoms with Gasteiger partial charge in [0.25, 0.3) is 11.5 Å². The Morgan fingerprint density at radius 1 is 1.12 bits per heavy atom. The minimum absolute atomic E-state index is 0.261. The summed E-state index contributed by atoms with van der Waals surface area (Å²) in [5.74, 6) is 0.499. The topological polar surface area (TPSA) is 71.2 Å². The normalized spacial score (nSPS) is 10.5. The molecule has 0 saturated heterocycles. The second kappa shape index (κ2) is 7.00. The van der Waals surface area contributed by atoms with Crippen molar-refractivity contribution < 1.29 is 9.53 Å². The maximum absolute atomic E-state index is 12.3. The van der Waals surface area contributed by atoms with Gasteiger partial charge in [-0.1, -0.05) is 36.4 Å². The lowest BCUT2D eigenvalue weighted by molar-refractivity contribution is 0.0949. The first-order valence-corrected chi connectivity index (χ1v) is 7.71. The summed E-state index contributed by atoms with van der Waals surface area (Å²) >= 11 is 0. The van der Waals surface area contributed by atoms with Gasteiger partial charge in [0.15, 0.2) is 0 Å². The predicted octanol–water partition coefficient (Wildman–Crippen LogP) is 2.51. The quantitative estimate of drug-likeness (QED) is 0.758. The number of carbonyl (C=O) groups is 1. The molecule has 122 valence electrons. The summed E-state index contributed by atoms with van der Waals surface area (Å²) in [7, 11) is 1.62. The molecule has 24 heavy (non-hydrogen) atoms. The highest BCUT2D eigenvalue weighted by molar-refractivity contribution is 5.96. The number of carbonyl (C=O) groups excluding carboxylic acids is 1. The molecule has 5 heteroatoms. The fourth-order valence-corrected chi connectivity index (χ4v) is 2.65. The smallest absolute Gasteiger partial charge is 0.267 e. The molecule has 3 rings (SSSR count). The van der Waals surface area contributed by atoms with Crippen molar-refractivity contribution in [3.8, 4) is 5.75 Å². The van der Waals surface area contributed by atoms with E-state index in [1.807, 2.05) is 36.4 Å². The molecule has 0 radical (unpaired) electrons. The van der Waals surface area contributed by atoms with E-state index in [0.717, 1.165) is 16.7 Å². The zero-order valence-corrected chi connectivity index (χ0v) is 13.3. The van der Waals surface area contributed by atoms with Gasteiger partial charge in [-0.05, 0) is 35.6 Å². The number of hydrogen-bond acceptors (Lipinski definition) is 3. The third-order valence-electron chi connectivity index (χ3n) is 3.87. The molecule has 0 bridgehead atoms. The lowest BCUT2D eigenvalue weighted by Gasteiger charge is -2.09. The zero-order chi connectivity index (χ0) is 16.9. The lowest BCUT2D eigenvalue weighted by Crippen LogP contribution is -2.28. The second-order valence-electron chi connectivity index (χ2n) is 5.42. The summed E-state index contributed by atoms with van der Waals surface area (Å²) in [4.78, 5) is 26.9. The molecule has 0 spiro atoms. The molecular formula is C19H18N2O3. The number of amides is 1. The molecule has 0 atom stereocenters. The van der Waals surface area contributed by atoms with Crippen LogP contribution < -0.4 is 15.6 Å². The van der Waals surface area contributed by atoms with Crippen LogP contribution in [0.1, 0.15) is 16.1 Å². The highest BCUT2D eigenvalue weighted by atomic mass is 16.5. The van der Waals surface area contributed by atoms with E-state index in [4.69, 9.17) is 4.74 Å². The molecule has 0 aliphatic heterocycles. The van der Waals surface area contributed by atoms with E-state index in [2.05, 4.69) is 10.3 Å². The van der Waals surface area contributed by atoms with Crippen LogP contribution >= 0.6 is 0 Å². The Morgan fingerprint density at radius 2 is 1.88 bits per heavy atom. The van der Waals surface area contributed by atoms with Crippen molar-refractivity contribution in [1.29, 1.82) is 0 Å². The highest BCUT2D eigenvalue weighted by Gasteiger charge is 2.09. The summed E-state index contributed by atoms with van der Waals surface area (Å²) in [5, 5.41) is 4.14. The fraction of sp³-hybridized carbons (Fsp3) is 0.158. The molecule has 1 amide bonds. The van der Waals surface area contributed by atoms with Crippen LogP contribution in [0.2, 0.25) is 0 Å². The van der Waals surface area contributed by atoms with Crippen LogP contribution in [0.15, 0.2) is 59.4 Å². The standard InChI is InChI=1S/C19H18N2O3/c1-24-17-9-5-3-6-13(17)10-11-20-19(23)16-12-14-7-2-4-8-15(14)18(22)21-16/h2-9,12H,10-11H2,1H3,(H,20,23)(H,21,22). The molecule has 1 heterocycles. The minimum atomic E-state index is -0.298. The van der Waals surface area contributed by atoms with E-state index in [1.165, 1.54) is 0 Å². The van der Waals surface area contributed by atoms with Gasteiger partial charge in [-0.15, -0.1) is 0 Å². The Balaban J connectivity index is 1.70. The van der Waals surface area contributed by atoms with E-state index in [-0.39, 0.29) is 17.2 Å². The van der Waals surface area contributed by atoms with Crippen molar-refractivity contribution >= 4 is 16.7 Å². The molecule has 1 aromatic heterocycles. The van der Waals surface area contributed by atoms with Crippen molar-refractivity contribution in [3.63, 3.8) is 0 Å². The molecular weight excluding hydrogens is 304 g/mol. The maximum atomic E-state index is 12.3. The van der Waals surface area contributed by atoms with Crippen LogP contribution in [0.3, 0.4) is 0 Å². The first kappa shape index (κ1) is 15.8. The maximum Gasteiger partial charge on any atom is 0.267 e.